The van der Waals surface area contributed by atoms with Crippen molar-refractivity contribution in [1.29, 1.82) is 0 Å². The third-order valence-corrected chi connectivity index (χ3v) is 2.70. The molecular formula is C13H18N2O. The van der Waals surface area contributed by atoms with Crippen LogP contribution in [-0.2, 0) is 4.79 Å². The second-order valence-electron chi connectivity index (χ2n) is 3.83. The first-order chi connectivity index (χ1) is 7.60. The predicted octanol–water partition coefficient (Wildman–Crippen LogP) is 2.45. The van der Waals surface area contributed by atoms with E-state index in [1.807, 2.05) is 20.0 Å². The van der Waals surface area contributed by atoms with Crippen LogP contribution in [0.15, 0.2) is 18.2 Å². The van der Waals surface area contributed by atoms with E-state index in [-0.39, 0.29) is 0 Å². The van der Waals surface area contributed by atoms with Crippen molar-refractivity contribution >= 4 is 17.5 Å². The molecule has 1 rings (SSSR count). The molecule has 0 atom stereocenters. The van der Waals surface area contributed by atoms with Gasteiger partial charge < -0.3 is 5.43 Å². The predicted molar refractivity (Wildman–Crippen MR) is 68.3 cm³/mol. The molecular weight excluding hydrogens is 200 g/mol. The number of hydrazine groups is 1. The molecule has 0 bridgehead atoms. The molecule has 0 saturated carbocycles. The second-order valence-corrected chi connectivity index (χ2v) is 3.83. The van der Waals surface area contributed by atoms with E-state index in [2.05, 4.69) is 30.8 Å². The third kappa shape index (κ3) is 2.70. The van der Waals surface area contributed by atoms with Crippen molar-refractivity contribution in [2.75, 3.05) is 12.5 Å². The van der Waals surface area contributed by atoms with Crippen molar-refractivity contribution in [3.8, 4) is 0 Å². The van der Waals surface area contributed by atoms with Gasteiger partial charge in [0.15, 0.2) is 0 Å². The van der Waals surface area contributed by atoms with Crippen LogP contribution < -0.4 is 10.9 Å². The molecule has 0 fully saturated rings. The number of hydrogen-bond donors (Lipinski definition) is 2. The van der Waals surface area contributed by atoms with Gasteiger partial charge in [-0.3, -0.25) is 4.79 Å². The summed E-state index contributed by atoms with van der Waals surface area (Å²) in [6.07, 6.45) is 2.39. The molecule has 3 heteroatoms. The van der Waals surface area contributed by atoms with Crippen LogP contribution in [0.2, 0.25) is 0 Å². The first-order valence-electron chi connectivity index (χ1n) is 5.26. The Hall–Kier alpha value is -1.61. The largest absolute Gasteiger partial charge is 0.321 e. The second kappa shape index (κ2) is 5.47. The molecule has 1 aromatic carbocycles. The van der Waals surface area contributed by atoms with E-state index >= 15 is 0 Å². The fourth-order valence-corrected chi connectivity index (χ4v) is 1.55. The van der Waals surface area contributed by atoms with Crippen molar-refractivity contribution in [3.05, 3.63) is 34.9 Å². The highest BCUT2D eigenvalue weighted by Gasteiger charge is 2.04. The summed E-state index contributed by atoms with van der Waals surface area (Å²) in [6.45, 7) is 6.06. The average Bonchev–Trinajstić information content (AvgIpc) is 2.25. The number of benzene rings is 1. The summed E-state index contributed by atoms with van der Waals surface area (Å²) in [7, 11) is 1.83. The lowest BCUT2D eigenvalue weighted by Gasteiger charge is -2.13. The SMILES string of the molecule is CNNc1cc(/C(C)=C/C=O)cc(C)c1C. The molecule has 0 aliphatic heterocycles. The van der Waals surface area contributed by atoms with Crippen LogP contribution in [-0.4, -0.2) is 13.3 Å². The zero-order chi connectivity index (χ0) is 12.1. The number of rotatable bonds is 4. The van der Waals surface area contributed by atoms with Gasteiger partial charge in [0.05, 0.1) is 5.69 Å². The van der Waals surface area contributed by atoms with Gasteiger partial charge >= 0.3 is 0 Å². The lowest BCUT2D eigenvalue weighted by Crippen LogP contribution is -2.16. The minimum absolute atomic E-state index is 0.815. The van der Waals surface area contributed by atoms with E-state index in [0.717, 1.165) is 23.1 Å². The molecule has 3 nitrogen and oxygen atoms in total. The summed E-state index contributed by atoms with van der Waals surface area (Å²) in [5.74, 6) is 0. The van der Waals surface area contributed by atoms with Gasteiger partial charge in [-0.25, -0.2) is 5.43 Å². The number of aryl methyl sites for hydroxylation is 1. The minimum atomic E-state index is 0.815. The normalized spacial score (nSPS) is 11.4. The van der Waals surface area contributed by atoms with E-state index in [9.17, 15) is 4.79 Å². The molecule has 0 aromatic heterocycles. The lowest BCUT2D eigenvalue weighted by atomic mass is 9.99. The lowest BCUT2D eigenvalue weighted by molar-refractivity contribution is -0.104. The number of aldehydes is 1. The van der Waals surface area contributed by atoms with Crippen molar-refractivity contribution < 1.29 is 4.79 Å². The van der Waals surface area contributed by atoms with Gasteiger partial charge in [-0.1, -0.05) is 6.07 Å². The first kappa shape index (κ1) is 12.5. The Bertz CT molecular complexity index is 422. The quantitative estimate of drug-likeness (QED) is 0.463. The summed E-state index contributed by atoms with van der Waals surface area (Å²) >= 11 is 0. The molecule has 0 radical (unpaired) electrons. The molecule has 0 aliphatic carbocycles. The Labute approximate surface area is 96.5 Å². The minimum Gasteiger partial charge on any atom is -0.321 e. The molecule has 1 aromatic rings. The molecule has 0 amide bonds. The molecule has 0 spiro atoms. The highest BCUT2D eigenvalue weighted by molar-refractivity contribution is 5.82. The summed E-state index contributed by atoms with van der Waals surface area (Å²) in [5, 5.41) is 0. The number of carbonyl (C=O) groups excluding carboxylic acids is 1. The van der Waals surface area contributed by atoms with Crippen molar-refractivity contribution in [2.45, 2.75) is 20.8 Å². The van der Waals surface area contributed by atoms with E-state index in [1.54, 1.807) is 6.08 Å². The molecule has 0 aliphatic rings. The molecule has 0 heterocycles. The van der Waals surface area contributed by atoms with Crippen LogP contribution >= 0.6 is 0 Å². The van der Waals surface area contributed by atoms with Crippen molar-refractivity contribution in [2.24, 2.45) is 0 Å². The van der Waals surface area contributed by atoms with Crippen molar-refractivity contribution in [3.63, 3.8) is 0 Å². The van der Waals surface area contributed by atoms with E-state index < -0.39 is 0 Å². The molecule has 0 saturated heterocycles. The molecule has 0 unspecified atom stereocenters. The maximum Gasteiger partial charge on any atom is 0.143 e. The molecule has 86 valence electrons. The van der Waals surface area contributed by atoms with Gasteiger partial charge in [-0.05, 0) is 55.2 Å². The van der Waals surface area contributed by atoms with Gasteiger partial charge in [0.2, 0.25) is 0 Å². The third-order valence-electron chi connectivity index (χ3n) is 2.70. The number of carbonyl (C=O) groups is 1. The van der Waals surface area contributed by atoms with Crippen LogP contribution in [0, 0.1) is 13.8 Å². The summed E-state index contributed by atoms with van der Waals surface area (Å²) in [6, 6.07) is 4.12. The van der Waals surface area contributed by atoms with Gasteiger partial charge in [0.25, 0.3) is 0 Å². The van der Waals surface area contributed by atoms with Crippen LogP contribution in [0.25, 0.3) is 5.57 Å². The first-order valence-corrected chi connectivity index (χ1v) is 5.26. The Balaban J connectivity index is 3.23. The zero-order valence-electron chi connectivity index (χ0n) is 10.2. The standard InChI is InChI=1S/C13H18N2O/c1-9(5-6-16)12-7-10(2)11(3)13(8-12)15-14-4/h5-8,14-15H,1-4H3/b9-5+. The fourth-order valence-electron chi connectivity index (χ4n) is 1.55. The monoisotopic (exact) mass is 218 g/mol. The Morgan fingerprint density at radius 3 is 2.56 bits per heavy atom. The highest BCUT2D eigenvalue weighted by Crippen LogP contribution is 2.24. The molecule has 2 N–H and O–H groups in total. The Kier molecular flexibility index (Phi) is 4.26. The summed E-state index contributed by atoms with van der Waals surface area (Å²) in [5.41, 5.74) is 11.5. The topological polar surface area (TPSA) is 41.1 Å². The fraction of sp³-hybridized carbons (Fsp3) is 0.308. The summed E-state index contributed by atoms with van der Waals surface area (Å²) in [4.78, 5) is 10.4. The van der Waals surface area contributed by atoms with E-state index in [4.69, 9.17) is 0 Å². The molecule has 16 heavy (non-hydrogen) atoms. The van der Waals surface area contributed by atoms with E-state index in [0.29, 0.717) is 0 Å². The van der Waals surface area contributed by atoms with Gasteiger partial charge in [-0.15, -0.1) is 0 Å². The highest BCUT2D eigenvalue weighted by atomic mass is 16.1. The Morgan fingerprint density at radius 2 is 2.00 bits per heavy atom. The van der Waals surface area contributed by atoms with Gasteiger partial charge in [0.1, 0.15) is 6.29 Å². The Morgan fingerprint density at radius 1 is 1.31 bits per heavy atom. The maximum absolute atomic E-state index is 10.4. The average molecular weight is 218 g/mol. The zero-order valence-corrected chi connectivity index (χ0v) is 10.2. The van der Waals surface area contributed by atoms with Crippen molar-refractivity contribution in [1.82, 2.24) is 5.43 Å². The summed E-state index contributed by atoms with van der Waals surface area (Å²) < 4.78 is 0. The van der Waals surface area contributed by atoms with Gasteiger partial charge in [0, 0.05) is 7.05 Å². The van der Waals surface area contributed by atoms with Crippen LogP contribution in [0.5, 0.6) is 0 Å². The van der Waals surface area contributed by atoms with Crippen LogP contribution in [0.1, 0.15) is 23.6 Å². The van der Waals surface area contributed by atoms with Gasteiger partial charge in [-0.2, -0.15) is 0 Å². The smallest absolute Gasteiger partial charge is 0.143 e. The van der Waals surface area contributed by atoms with Crippen LogP contribution in [0.3, 0.4) is 0 Å². The number of nitrogens with one attached hydrogen (secondary N) is 2. The number of hydrogen-bond acceptors (Lipinski definition) is 3. The number of allylic oxidation sites excluding steroid dienone is 2. The maximum atomic E-state index is 10.4. The number of anilines is 1. The van der Waals surface area contributed by atoms with Crippen LogP contribution in [0.4, 0.5) is 5.69 Å². The van der Waals surface area contributed by atoms with E-state index in [1.165, 1.54) is 11.1 Å².